The molecule has 0 saturated heterocycles. The summed E-state index contributed by atoms with van der Waals surface area (Å²) in [6.45, 7) is 3.93. The molecule has 4 heteroatoms. The maximum absolute atomic E-state index is 11.8. The summed E-state index contributed by atoms with van der Waals surface area (Å²) in [6.07, 6.45) is 7.54. The molecule has 0 radical (unpaired) electrons. The van der Waals surface area contributed by atoms with Gasteiger partial charge in [0.1, 0.15) is 0 Å². The van der Waals surface area contributed by atoms with Crippen LogP contribution in [0.15, 0.2) is 0 Å². The molecule has 1 aliphatic rings. The lowest BCUT2D eigenvalue weighted by atomic mass is 9.87. The quantitative estimate of drug-likeness (QED) is 0.766. The van der Waals surface area contributed by atoms with E-state index in [9.17, 15) is 9.59 Å². The molecule has 104 valence electrons. The zero-order valence-corrected chi connectivity index (χ0v) is 11.4. The molecule has 18 heavy (non-hydrogen) atoms. The average molecular weight is 255 g/mol. The molecule has 2 atom stereocenters. The zero-order chi connectivity index (χ0) is 13.5. The van der Waals surface area contributed by atoms with Crippen LogP contribution in [0, 0.1) is 17.8 Å². The van der Waals surface area contributed by atoms with Gasteiger partial charge in [0.2, 0.25) is 5.91 Å². The van der Waals surface area contributed by atoms with Gasteiger partial charge < -0.3 is 10.4 Å². The van der Waals surface area contributed by atoms with Crippen molar-refractivity contribution < 1.29 is 14.7 Å². The Labute approximate surface area is 109 Å². The van der Waals surface area contributed by atoms with Crippen LogP contribution in [0.5, 0.6) is 0 Å². The van der Waals surface area contributed by atoms with E-state index in [0.717, 1.165) is 12.3 Å². The molecular formula is C14H25NO3. The maximum Gasteiger partial charge on any atom is 0.307 e. The summed E-state index contributed by atoms with van der Waals surface area (Å²) in [5.74, 6) is -1.40. The second-order valence-electron chi connectivity index (χ2n) is 5.50. The summed E-state index contributed by atoms with van der Waals surface area (Å²) in [6, 6.07) is 0. The predicted octanol–water partition coefficient (Wildman–Crippen LogP) is 2.43. The van der Waals surface area contributed by atoms with Crippen molar-refractivity contribution >= 4 is 11.9 Å². The van der Waals surface area contributed by atoms with Crippen LogP contribution in [0.4, 0.5) is 0 Å². The number of carboxylic acids is 1. The van der Waals surface area contributed by atoms with Crippen molar-refractivity contribution in [1.29, 1.82) is 0 Å². The zero-order valence-electron chi connectivity index (χ0n) is 11.4. The minimum Gasteiger partial charge on any atom is -0.481 e. The van der Waals surface area contributed by atoms with Crippen molar-refractivity contribution in [3.05, 3.63) is 0 Å². The molecule has 4 nitrogen and oxygen atoms in total. The fourth-order valence-electron chi connectivity index (χ4n) is 2.48. The second kappa shape index (κ2) is 7.39. The van der Waals surface area contributed by atoms with E-state index in [4.69, 9.17) is 5.11 Å². The standard InChI is InChI=1S/C14H25NO3/c1-10(11(2)14(17)18)13(16)15-9-8-12-6-4-3-5-7-12/h10-12H,3-9H2,1-2H3,(H,15,16)(H,17,18). The SMILES string of the molecule is CC(C(=O)O)C(C)C(=O)NCCC1CCCCC1. The van der Waals surface area contributed by atoms with Crippen LogP contribution in [0.2, 0.25) is 0 Å². The normalized spacial score (nSPS) is 20.1. The maximum atomic E-state index is 11.8. The van der Waals surface area contributed by atoms with E-state index in [0.29, 0.717) is 6.54 Å². The molecule has 1 fully saturated rings. The van der Waals surface area contributed by atoms with E-state index in [2.05, 4.69) is 5.32 Å². The smallest absolute Gasteiger partial charge is 0.307 e. The van der Waals surface area contributed by atoms with Crippen LogP contribution in [-0.2, 0) is 9.59 Å². The van der Waals surface area contributed by atoms with Crippen LogP contribution in [-0.4, -0.2) is 23.5 Å². The van der Waals surface area contributed by atoms with E-state index in [1.165, 1.54) is 32.1 Å². The lowest BCUT2D eigenvalue weighted by molar-refractivity contribution is -0.146. The summed E-state index contributed by atoms with van der Waals surface area (Å²) in [5.41, 5.74) is 0. The molecule has 1 saturated carbocycles. The molecule has 0 aliphatic heterocycles. The molecule has 2 N–H and O–H groups in total. The van der Waals surface area contributed by atoms with Gasteiger partial charge in [-0.2, -0.15) is 0 Å². The van der Waals surface area contributed by atoms with Crippen molar-refractivity contribution in [2.24, 2.45) is 17.8 Å². The number of nitrogens with one attached hydrogen (secondary N) is 1. The monoisotopic (exact) mass is 255 g/mol. The largest absolute Gasteiger partial charge is 0.481 e. The first-order valence-electron chi connectivity index (χ1n) is 7.03. The molecule has 2 unspecified atom stereocenters. The molecule has 1 amide bonds. The van der Waals surface area contributed by atoms with Crippen molar-refractivity contribution in [3.8, 4) is 0 Å². The Morgan fingerprint density at radius 2 is 1.78 bits per heavy atom. The van der Waals surface area contributed by atoms with E-state index < -0.39 is 17.8 Å². The van der Waals surface area contributed by atoms with Gasteiger partial charge >= 0.3 is 5.97 Å². The highest BCUT2D eigenvalue weighted by atomic mass is 16.4. The molecular weight excluding hydrogens is 230 g/mol. The Morgan fingerprint density at radius 3 is 2.33 bits per heavy atom. The first-order valence-corrected chi connectivity index (χ1v) is 7.03. The fraction of sp³-hybridized carbons (Fsp3) is 0.857. The number of hydrogen-bond acceptors (Lipinski definition) is 2. The van der Waals surface area contributed by atoms with Gasteiger partial charge in [-0.3, -0.25) is 9.59 Å². The molecule has 0 heterocycles. The lowest BCUT2D eigenvalue weighted by Gasteiger charge is -2.22. The van der Waals surface area contributed by atoms with E-state index in [1.54, 1.807) is 13.8 Å². The van der Waals surface area contributed by atoms with Gasteiger partial charge in [-0.15, -0.1) is 0 Å². The third-order valence-electron chi connectivity index (χ3n) is 4.13. The summed E-state index contributed by atoms with van der Waals surface area (Å²) in [7, 11) is 0. The summed E-state index contributed by atoms with van der Waals surface area (Å²) >= 11 is 0. The number of aliphatic carboxylic acids is 1. The predicted molar refractivity (Wildman–Crippen MR) is 70.2 cm³/mol. The summed E-state index contributed by atoms with van der Waals surface area (Å²) in [5, 5.41) is 11.7. The fourth-order valence-corrected chi connectivity index (χ4v) is 2.48. The summed E-state index contributed by atoms with van der Waals surface area (Å²) in [4.78, 5) is 22.5. The topological polar surface area (TPSA) is 66.4 Å². The van der Waals surface area contributed by atoms with Gasteiger partial charge in [0.25, 0.3) is 0 Å². The first-order chi connectivity index (χ1) is 8.52. The Kier molecular flexibility index (Phi) is 6.16. The molecule has 0 aromatic heterocycles. The molecule has 0 bridgehead atoms. The Morgan fingerprint density at radius 1 is 1.17 bits per heavy atom. The molecule has 1 aliphatic carbocycles. The number of carboxylic acid groups (broad SMARTS) is 1. The number of carbonyl (C=O) groups is 2. The van der Waals surface area contributed by atoms with E-state index >= 15 is 0 Å². The van der Waals surface area contributed by atoms with Gasteiger partial charge in [-0.05, 0) is 12.3 Å². The Balaban J connectivity index is 2.21. The van der Waals surface area contributed by atoms with Gasteiger partial charge in [0, 0.05) is 12.5 Å². The first kappa shape index (κ1) is 15.0. The van der Waals surface area contributed by atoms with Crippen molar-refractivity contribution in [2.45, 2.75) is 52.4 Å². The average Bonchev–Trinajstić information content (AvgIpc) is 2.38. The number of carbonyl (C=O) groups excluding carboxylic acids is 1. The van der Waals surface area contributed by atoms with Crippen molar-refractivity contribution in [1.82, 2.24) is 5.32 Å². The van der Waals surface area contributed by atoms with Gasteiger partial charge in [-0.25, -0.2) is 0 Å². The number of rotatable bonds is 6. The highest BCUT2D eigenvalue weighted by molar-refractivity contribution is 5.84. The summed E-state index contributed by atoms with van der Waals surface area (Å²) < 4.78 is 0. The minimum atomic E-state index is -0.912. The third-order valence-corrected chi connectivity index (χ3v) is 4.13. The molecule has 1 rings (SSSR count). The van der Waals surface area contributed by atoms with Gasteiger partial charge in [0.15, 0.2) is 0 Å². The lowest BCUT2D eigenvalue weighted by Crippen LogP contribution is -2.36. The second-order valence-corrected chi connectivity index (χ2v) is 5.50. The molecule has 0 aromatic rings. The van der Waals surface area contributed by atoms with Crippen LogP contribution in [0.25, 0.3) is 0 Å². The number of hydrogen-bond donors (Lipinski definition) is 2. The van der Waals surface area contributed by atoms with Crippen molar-refractivity contribution in [3.63, 3.8) is 0 Å². The van der Waals surface area contributed by atoms with Gasteiger partial charge in [0.05, 0.1) is 5.92 Å². The number of amides is 1. The molecule has 0 spiro atoms. The van der Waals surface area contributed by atoms with Crippen molar-refractivity contribution in [2.75, 3.05) is 6.54 Å². The molecule has 0 aromatic carbocycles. The highest BCUT2D eigenvalue weighted by Crippen LogP contribution is 2.25. The van der Waals surface area contributed by atoms with Crippen LogP contribution in [0.1, 0.15) is 52.4 Å². The minimum absolute atomic E-state index is 0.138. The van der Waals surface area contributed by atoms with Crippen LogP contribution in [0.3, 0.4) is 0 Å². The van der Waals surface area contributed by atoms with E-state index in [1.807, 2.05) is 0 Å². The Hall–Kier alpha value is -1.06. The van der Waals surface area contributed by atoms with Gasteiger partial charge in [-0.1, -0.05) is 46.0 Å². The van der Waals surface area contributed by atoms with E-state index in [-0.39, 0.29) is 5.91 Å². The Bertz CT molecular complexity index is 285. The van der Waals surface area contributed by atoms with Crippen LogP contribution >= 0.6 is 0 Å². The third kappa shape index (κ3) is 4.67. The highest BCUT2D eigenvalue weighted by Gasteiger charge is 2.25. The van der Waals surface area contributed by atoms with Crippen LogP contribution < -0.4 is 5.32 Å².